The summed E-state index contributed by atoms with van der Waals surface area (Å²) in [6, 6.07) is 0. The molecule has 4 nitrogen and oxygen atoms in total. The Hall–Kier alpha value is -1.58. The van der Waals surface area contributed by atoms with Crippen LogP contribution in [0, 0.1) is 5.41 Å². The standard InChI is InChI=1S/C14H26O2.C9H16O2/c1-3-5-6-7-8-9-10-11-12-13-14(15)16-4-2;1-5-7-9(3,4)8(10)11-6-2/h4H,2-3,5-13H2,1H3;6H,2,5,7H2,1,3-4H3. The van der Waals surface area contributed by atoms with Crippen molar-refractivity contribution in [3.05, 3.63) is 25.7 Å². The summed E-state index contributed by atoms with van der Waals surface area (Å²) in [7, 11) is 0. The van der Waals surface area contributed by atoms with E-state index < -0.39 is 0 Å². The first-order chi connectivity index (χ1) is 12.9. The van der Waals surface area contributed by atoms with Crippen molar-refractivity contribution in [2.45, 2.75) is 105 Å². The maximum atomic E-state index is 11.2. The van der Waals surface area contributed by atoms with E-state index in [1.54, 1.807) is 0 Å². The van der Waals surface area contributed by atoms with Gasteiger partial charge in [0.15, 0.2) is 0 Å². The molecule has 0 spiro atoms. The van der Waals surface area contributed by atoms with Crippen LogP contribution in [0.3, 0.4) is 0 Å². The number of hydrogen-bond acceptors (Lipinski definition) is 4. The number of carbonyl (C=O) groups excluding carboxylic acids is 2. The van der Waals surface area contributed by atoms with E-state index >= 15 is 0 Å². The number of rotatable bonds is 15. The van der Waals surface area contributed by atoms with Gasteiger partial charge < -0.3 is 9.47 Å². The van der Waals surface area contributed by atoms with Crippen molar-refractivity contribution in [3.8, 4) is 0 Å². The van der Waals surface area contributed by atoms with E-state index in [-0.39, 0.29) is 17.4 Å². The summed E-state index contributed by atoms with van der Waals surface area (Å²) in [4.78, 5) is 22.1. The Morgan fingerprint density at radius 3 is 1.70 bits per heavy atom. The van der Waals surface area contributed by atoms with E-state index in [1.807, 2.05) is 20.8 Å². The highest BCUT2D eigenvalue weighted by atomic mass is 16.5. The van der Waals surface area contributed by atoms with Crippen LogP contribution in [0.25, 0.3) is 0 Å². The summed E-state index contributed by atoms with van der Waals surface area (Å²) in [6.07, 6.45) is 16.1. The fraction of sp³-hybridized carbons (Fsp3) is 0.739. The van der Waals surface area contributed by atoms with Gasteiger partial charge >= 0.3 is 11.9 Å². The molecule has 0 N–H and O–H groups in total. The minimum Gasteiger partial charge on any atom is -0.435 e. The van der Waals surface area contributed by atoms with Crippen molar-refractivity contribution in [1.29, 1.82) is 0 Å². The average molecular weight is 383 g/mol. The molecular weight excluding hydrogens is 340 g/mol. The summed E-state index contributed by atoms with van der Waals surface area (Å²) in [5.74, 6) is -0.354. The smallest absolute Gasteiger partial charge is 0.316 e. The predicted octanol–water partition coefficient (Wildman–Crippen LogP) is 7.09. The molecule has 0 aromatic heterocycles. The van der Waals surface area contributed by atoms with Gasteiger partial charge in [-0.05, 0) is 26.7 Å². The van der Waals surface area contributed by atoms with Crippen LogP contribution < -0.4 is 0 Å². The highest BCUT2D eigenvalue weighted by Gasteiger charge is 2.27. The number of ether oxygens (including phenoxy) is 2. The Kier molecular flexibility index (Phi) is 19.6. The van der Waals surface area contributed by atoms with Crippen LogP contribution in [-0.4, -0.2) is 11.9 Å². The third kappa shape index (κ3) is 19.0. The van der Waals surface area contributed by atoms with Crippen LogP contribution in [0.5, 0.6) is 0 Å². The highest BCUT2D eigenvalue weighted by molar-refractivity contribution is 5.76. The zero-order valence-corrected chi connectivity index (χ0v) is 18.2. The normalized spacial score (nSPS) is 10.4. The summed E-state index contributed by atoms with van der Waals surface area (Å²) >= 11 is 0. The lowest BCUT2D eigenvalue weighted by atomic mass is 9.88. The minimum atomic E-state index is -0.372. The summed E-state index contributed by atoms with van der Waals surface area (Å²) in [5.41, 5.74) is -0.372. The molecule has 0 saturated heterocycles. The van der Waals surface area contributed by atoms with Gasteiger partial charge in [0.25, 0.3) is 0 Å². The second kappa shape index (κ2) is 19.2. The summed E-state index contributed by atoms with van der Waals surface area (Å²) < 4.78 is 9.32. The fourth-order valence-corrected chi connectivity index (χ4v) is 2.69. The molecule has 0 unspecified atom stereocenters. The lowest BCUT2D eigenvalue weighted by molar-refractivity contribution is -0.148. The van der Waals surface area contributed by atoms with Crippen molar-refractivity contribution >= 4 is 11.9 Å². The molecule has 0 saturated carbocycles. The SMILES string of the molecule is C=COC(=O)C(C)(C)CCC.C=COC(=O)CCCCCCCCCCC. The van der Waals surface area contributed by atoms with Crippen LogP contribution >= 0.6 is 0 Å². The van der Waals surface area contributed by atoms with E-state index in [0.717, 1.165) is 25.7 Å². The van der Waals surface area contributed by atoms with Crippen molar-refractivity contribution < 1.29 is 19.1 Å². The van der Waals surface area contributed by atoms with Crippen molar-refractivity contribution in [1.82, 2.24) is 0 Å². The fourth-order valence-electron chi connectivity index (χ4n) is 2.69. The Bertz CT molecular complexity index is 399. The van der Waals surface area contributed by atoms with E-state index in [4.69, 9.17) is 0 Å². The largest absolute Gasteiger partial charge is 0.435 e. The Morgan fingerprint density at radius 1 is 0.778 bits per heavy atom. The third-order valence-electron chi connectivity index (χ3n) is 4.32. The topological polar surface area (TPSA) is 52.6 Å². The van der Waals surface area contributed by atoms with Gasteiger partial charge in [0, 0.05) is 6.42 Å². The van der Waals surface area contributed by atoms with Gasteiger partial charge in [0.2, 0.25) is 0 Å². The van der Waals surface area contributed by atoms with Gasteiger partial charge in [-0.25, -0.2) is 0 Å². The average Bonchev–Trinajstić information content (AvgIpc) is 2.61. The zero-order valence-electron chi connectivity index (χ0n) is 18.2. The number of esters is 2. The number of carbonyl (C=O) groups is 2. The molecule has 0 rings (SSSR count). The molecule has 0 atom stereocenters. The molecule has 27 heavy (non-hydrogen) atoms. The molecule has 0 heterocycles. The Balaban J connectivity index is 0. The van der Waals surface area contributed by atoms with Crippen molar-refractivity contribution in [3.63, 3.8) is 0 Å². The third-order valence-corrected chi connectivity index (χ3v) is 4.32. The highest BCUT2D eigenvalue weighted by Crippen LogP contribution is 2.23. The summed E-state index contributed by atoms with van der Waals surface area (Å²) in [5, 5.41) is 0. The number of hydrogen-bond donors (Lipinski definition) is 0. The maximum Gasteiger partial charge on any atom is 0.316 e. The van der Waals surface area contributed by atoms with E-state index in [9.17, 15) is 9.59 Å². The molecule has 0 aliphatic carbocycles. The molecule has 158 valence electrons. The molecule has 0 aromatic carbocycles. The van der Waals surface area contributed by atoms with Crippen LogP contribution in [0.4, 0.5) is 0 Å². The lowest BCUT2D eigenvalue weighted by Crippen LogP contribution is -2.24. The molecule has 4 heteroatoms. The van der Waals surface area contributed by atoms with Gasteiger partial charge in [-0.2, -0.15) is 0 Å². The Labute approximate surface area is 167 Å². The molecule has 0 aromatic rings. The van der Waals surface area contributed by atoms with Gasteiger partial charge in [-0.15, -0.1) is 0 Å². The second-order valence-corrected chi connectivity index (χ2v) is 7.44. The van der Waals surface area contributed by atoms with Gasteiger partial charge in [0.05, 0.1) is 17.9 Å². The minimum absolute atomic E-state index is 0.155. The van der Waals surface area contributed by atoms with Crippen LogP contribution in [0.2, 0.25) is 0 Å². The summed E-state index contributed by atoms with van der Waals surface area (Å²) in [6.45, 7) is 14.7. The first-order valence-electron chi connectivity index (χ1n) is 10.5. The molecule has 0 aliphatic heterocycles. The molecule has 0 amide bonds. The van der Waals surface area contributed by atoms with Crippen LogP contribution in [0.15, 0.2) is 25.7 Å². The van der Waals surface area contributed by atoms with Crippen molar-refractivity contribution in [2.24, 2.45) is 5.41 Å². The molecule has 0 fully saturated rings. The molecule has 0 radical (unpaired) electrons. The van der Waals surface area contributed by atoms with Gasteiger partial charge in [-0.1, -0.05) is 84.8 Å². The lowest BCUT2D eigenvalue weighted by Gasteiger charge is -2.19. The zero-order chi connectivity index (χ0) is 21.0. The number of unbranched alkanes of at least 4 members (excludes halogenated alkanes) is 8. The van der Waals surface area contributed by atoms with Crippen molar-refractivity contribution in [2.75, 3.05) is 0 Å². The molecule has 0 aliphatic rings. The quantitative estimate of drug-likeness (QED) is 0.172. The Morgan fingerprint density at radius 2 is 1.26 bits per heavy atom. The molecule has 0 bridgehead atoms. The first kappa shape index (κ1) is 27.6. The van der Waals surface area contributed by atoms with Crippen LogP contribution in [0.1, 0.15) is 105 Å². The molecular formula is C23H42O4. The van der Waals surface area contributed by atoms with Crippen LogP contribution in [-0.2, 0) is 19.1 Å². The van der Waals surface area contributed by atoms with Gasteiger partial charge in [0.1, 0.15) is 0 Å². The van der Waals surface area contributed by atoms with E-state index in [0.29, 0.717) is 6.42 Å². The van der Waals surface area contributed by atoms with E-state index in [2.05, 4.69) is 29.6 Å². The first-order valence-corrected chi connectivity index (χ1v) is 10.5. The maximum absolute atomic E-state index is 11.2. The van der Waals surface area contributed by atoms with E-state index in [1.165, 1.54) is 57.5 Å². The monoisotopic (exact) mass is 382 g/mol. The predicted molar refractivity (Wildman–Crippen MR) is 113 cm³/mol. The van der Waals surface area contributed by atoms with Gasteiger partial charge in [-0.3, -0.25) is 9.59 Å². The second-order valence-electron chi connectivity index (χ2n) is 7.44.